The van der Waals surface area contributed by atoms with Crippen molar-refractivity contribution in [2.75, 3.05) is 26.0 Å². The molecule has 0 aromatic heterocycles. The van der Waals surface area contributed by atoms with E-state index in [1.165, 1.54) is 4.90 Å². The fourth-order valence-electron chi connectivity index (χ4n) is 2.71. The Kier molecular flexibility index (Phi) is 5.98. The molecule has 126 valence electrons. The van der Waals surface area contributed by atoms with Crippen LogP contribution in [0.15, 0.2) is 24.3 Å². The summed E-state index contributed by atoms with van der Waals surface area (Å²) in [5.41, 5.74) is 6.66. The topological polar surface area (TPSA) is 84.7 Å². The highest BCUT2D eigenvalue weighted by molar-refractivity contribution is 5.91. The SMILES string of the molecule is CN(C)C(=O)COc1cccc(NC(=O)C[C@@H]2CCC[C@H]2N)c1. The minimum atomic E-state index is -0.116. The third-order valence-corrected chi connectivity index (χ3v) is 4.14. The third kappa shape index (κ3) is 5.25. The van der Waals surface area contributed by atoms with Gasteiger partial charge in [0.15, 0.2) is 6.61 Å². The molecular formula is C17H25N3O3. The number of nitrogens with zero attached hydrogens (tertiary/aromatic N) is 1. The second kappa shape index (κ2) is 7.97. The molecule has 2 atom stereocenters. The summed E-state index contributed by atoms with van der Waals surface area (Å²) in [5, 5.41) is 2.87. The van der Waals surface area contributed by atoms with Crippen LogP contribution in [0.5, 0.6) is 5.75 Å². The van der Waals surface area contributed by atoms with Crippen LogP contribution in [-0.4, -0.2) is 43.5 Å². The summed E-state index contributed by atoms with van der Waals surface area (Å²) in [5.74, 6) is 0.672. The lowest BCUT2D eigenvalue weighted by Crippen LogP contribution is -2.28. The van der Waals surface area contributed by atoms with E-state index >= 15 is 0 Å². The Morgan fingerprint density at radius 3 is 2.78 bits per heavy atom. The highest BCUT2D eigenvalue weighted by atomic mass is 16.5. The van der Waals surface area contributed by atoms with Crippen molar-refractivity contribution in [2.45, 2.75) is 31.7 Å². The zero-order valence-electron chi connectivity index (χ0n) is 13.7. The largest absolute Gasteiger partial charge is 0.484 e. The average Bonchev–Trinajstić information content (AvgIpc) is 2.90. The summed E-state index contributed by atoms with van der Waals surface area (Å²) in [6.45, 7) is -0.0265. The van der Waals surface area contributed by atoms with Crippen molar-refractivity contribution in [2.24, 2.45) is 11.7 Å². The molecule has 6 heteroatoms. The number of nitrogens with two attached hydrogens (primary N) is 1. The number of carbonyl (C=O) groups is 2. The van der Waals surface area contributed by atoms with Crippen molar-refractivity contribution < 1.29 is 14.3 Å². The van der Waals surface area contributed by atoms with Crippen LogP contribution in [0.2, 0.25) is 0 Å². The first-order valence-corrected chi connectivity index (χ1v) is 7.94. The van der Waals surface area contributed by atoms with E-state index in [1.54, 1.807) is 38.4 Å². The van der Waals surface area contributed by atoms with Crippen molar-refractivity contribution in [3.05, 3.63) is 24.3 Å². The maximum Gasteiger partial charge on any atom is 0.259 e. The smallest absolute Gasteiger partial charge is 0.259 e. The summed E-state index contributed by atoms with van der Waals surface area (Å²) in [7, 11) is 3.35. The van der Waals surface area contributed by atoms with Gasteiger partial charge in [0.2, 0.25) is 5.91 Å². The van der Waals surface area contributed by atoms with E-state index in [4.69, 9.17) is 10.5 Å². The van der Waals surface area contributed by atoms with Crippen molar-refractivity contribution in [3.8, 4) is 5.75 Å². The maximum atomic E-state index is 12.1. The first-order valence-electron chi connectivity index (χ1n) is 7.94. The van der Waals surface area contributed by atoms with Crippen LogP contribution in [0.4, 0.5) is 5.69 Å². The Morgan fingerprint density at radius 2 is 2.13 bits per heavy atom. The number of anilines is 1. The molecule has 6 nitrogen and oxygen atoms in total. The lowest BCUT2D eigenvalue weighted by atomic mass is 10.00. The van der Waals surface area contributed by atoms with Gasteiger partial charge in [-0.1, -0.05) is 12.5 Å². The number of hydrogen-bond acceptors (Lipinski definition) is 4. The van der Waals surface area contributed by atoms with Crippen molar-refractivity contribution in [1.29, 1.82) is 0 Å². The number of rotatable bonds is 6. The Morgan fingerprint density at radius 1 is 1.35 bits per heavy atom. The molecule has 1 fully saturated rings. The summed E-state index contributed by atoms with van der Waals surface area (Å²) in [6.07, 6.45) is 3.57. The van der Waals surface area contributed by atoms with Crippen molar-refractivity contribution in [3.63, 3.8) is 0 Å². The number of ether oxygens (including phenoxy) is 1. The molecule has 1 aromatic carbocycles. The van der Waals surface area contributed by atoms with Gasteiger partial charge in [-0.15, -0.1) is 0 Å². The number of amides is 2. The maximum absolute atomic E-state index is 12.1. The van der Waals surface area contributed by atoms with Gasteiger partial charge in [-0.2, -0.15) is 0 Å². The molecule has 1 saturated carbocycles. The fraction of sp³-hybridized carbons (Fsp3) is 0.529. The Bertz CT molecular complexity index is 560. The molecule has 0 radical (unpaired) electrons. The first kappa shape index (κ1) is 17.3. The molecule has 23 heavy (non-hydrogen) atoms. The van der Waals surface area contributed by atoms with Crippen molar-refractivity contribution in [1.82, 2.24) is 4.90 Å². The van der Waals surface area contributed by atoms with E-state index in [0.717, 1.165) is 19.3 Å². The van der Waals surface area contributed by atoms with E-state index < -0.39 is 0 Å². The Labute approximate surface area is 137 Å². The summed E-state index contributed by atoms with van der Waals surface area (Å²) >= 11 is 0. The molecule has 0 bridgehead atoms. The molecule has 0 spiro atoms. The van der Waals surface area contributed by atoms with Crippen LogP contribution in [0.25, 0.3) is 0 Å². The molecule has 1 aliphatic carbocycles. The molecule has 2 rings (SSSR count). The van der Waals surface area contributed by atoms with Gasteiger partial charge < -0.3 is 20.7 Å². The number of carbonyl (C=O) groups excluding carboxylic acids is 2. The zero-order valence-corrected chi connectivity index (χ0v) is 13.7. The number of hydrogen-bond donors (Lipinski definition) is 2. The molecule has 0 unspecified atom stereocenters. The van der Waals surface area contributed by atoms with Crippen LogP contribution in [0.1, 0.15) is 25.7 Å². The van der Waals surface area contributed by atoms with Crippen LogP contribution >= 0.6 is 0 Å². The van der Waals surface area contributed by atoms with Gasteiger partial charge in [0, 0.05) is 38.3 Å². The van der Waals surface area contributed by atoms with Gasteiger partial charge in [-0.05, 0) is 30.9 Å². The van der Waals surface area contributed by atoms with Crippen LogP contribution in [0, 0.1) is 5.92 Å². The highest BCUT2D eigenvalue weighted by Gasteiger charge is 2.26. The second-order valence-electron chi connectivity index (χ2n) is 6.21. The zero-order chi connectivity index (χ0) is 16.8. The van der Waals surface area contributed by atoms with E-state index in [0.29, 0.717) is 17.9 Å². The quantitative estimate of drug-likeness (QED) is 0.834. The average molecular weight is 319 g/mol. The van der Waals surface area contributed by atoms with E-state index in [-0.39, 0.29) is 30.4 Å². The monoisotopic (exact) mass is 319 g/mol. The Hall–Kier alpha value is -2.08. The van der Waals surface area contributed by atoms with Crippen LogP contribution in [-0.2, 0) is 9.59 Å². The summed E-state index contributed by atoms with van der Waals surface area (Å²) in [4.78, 5) is 25.1. The first-order chi connectivity index (χ1) is 11.0. The van der Waals surface area contributed by atoms with Gasteiger partial charge in [0.1, 0.15) is 5.75 Å². The standard InChI is InChI=1S/C17H25N3O3/c1-20(2)17(22)11-23-14-7-4-6-13(10-14)19-16(21)9-12-5-3-8-15(12)18/h4,6-7,10,12,15H,3,5,8-9,11,18H2,1-2H3,(H,19,21)/t12-,15+/m0/s1. The van der Waals surface area contributed by atoms with E-state index in [9.17, 15) is 9.59 Å². The molecule has 1 aromatic rings. The van der Waals surface area contributed by atoms with Gasteiger partial charge in [-0.25, -0.2) is 0 Å². The molecular weight excluding hydrogens is 294 g/mol. The van der Waals surface area contributed by atoms with Gasteiger partial charge >= 0.3 is 0 Å². The lowest BCUT2D eigenvalue weighted by Gasteiger charge is -2.15. The highest BCUT2D eigenvalue weighted by Crippen LogP contribution is 2.27. The van der Waals surface area contributed by atoms with E-state index in [1.807, 2.05) is 0 Å². The second-order valence-corrected chi connectivity index (χ2v) is 6.21. The van der Waals surface area contributed by atoms with Crippen molar-refractivity contribution >= 4 is 17.5 Å². The number of nitrogens with one attached hydrogen (secondary N) is 1. The molecule has 0 saturated heterocycles. The number of benzene rings is 1. The summed E-state index contributed by atoms with van der Waals surface area (Å²) < 4.78 is 5.44. The van der Waals surface area contributed by atoms with Crippen LogP contribution < -0.4 is 15.8 Å². The fourth-order valence-corrected chi connectivity index (χ4v) is 2.71. The Balaban J connectivity index is 1.86. The minimum absolute atomic E-state index is 0.0265. The number of likely N-dealkylation sites (N-methyl/N-ethyl adjacent to an activating group) is 1. The normalized spacial score (nSPS) is 20.1. The molecule has 2 amide bonds. The molecule has 1 aliphatic rings. The van der Waals surface area contributed by atoms with Gasteiger partial charge in [0.25, 0.3) is 5.91 Å². The minimum Gasteiger partial charge on any atom is -0.484 e. The summed E-state index contributed by atoms with van der Waals surface area (Å²) in [6, 6.07) is 7.19. The predicted molar refractivity (Wildman–Crippen MR) is 89.2 cm³/mol. The van der Waals surface area contributed by atoms with Crippen LogP contribution in [0.3, 0.4) is 0 Å². The third-order valence-electron chi connectivity index (χ3n) is 4.14. The lowest BCUT2D eigenvalue weighted by molar-refractivity contribution is -0.130. The van der Waals surface area contributed by atoms with Gasteiger partial charge in [-0.3, -0.25) is 9.59 Å². The predicted octanol–water partition coefficient (Wildman–Crippen LogP) is 1.61. The van der Waals surface area contributed by atoms with E-state index in [2.05, 4.69) is 5.32 Å². The molecule has 3 N–H and O–H groups in total. The van der Waals surface area contributed by atoms with Gasteiger partial charge in [0.05, 0.1) is 0 Å². The molecule has 0 heterocycles. The molecule has 0 aliphatic heterocycles.